The molecule has 9 heavy (non-hydrogen) atoms. The third-order valence-electron chi connectivity index (χ3n) is 0.993. The molecule has 0 amide bonds. The van der Waals surface area contributed by atoms with E-state index < -0.39 is 0 Å². The highest BCUT2D eigenvalue weighted by Gasteiger charge is 1.85. The van der Waals surface area contributed by atoms with Gasteiger partial charge in [-0.1, -0.05) is 13.8 Å². The van der Waals surface area contributed by atoms with Gasteiger partial charge in [-0.25, -0.2) is 0 Å². The standard InChI is InChI=1S/C6H16BN2/c1-3-5-8-7-9-6-4-2/h8-9H,3-6H2,1-2H3. The average Bonchev–Trinajstić information content (AvgIpc) is 1.89. The maximum atomic E-state index is 3.13. The minimum Gasteiger partial charge on any atom is -0.346 e. The third-order valence-corrected chi connectivity index (χ3v) is 0.993. The minimum absolute atomic E-state index is 1.07. The highest BCUT2D eigenvalue weighted by Crippen LogP contribution is 1.67. The first-order chi connectivity index (χ1) is 4.41. The van der Waals surface area contributed by atoms with E-state index in [4.69, 9.17) is 0 Å². The van der Waals surface area contributed by atoms with Gasteiger partial charge in [-0.15, -0.1) is 0 Å². The van der Waals surface area contributed by atoms with Gasteiger partial charge >= 0.3 is 7.55 Å². The fraction of sp³-hybridized carbons (Fsp3) is 1.00. The van der Waals surface area contributed by atoms with Crippen LogP contribution in [0.25, 0.3) is 0 Å². The summed E-state index contributed by atoms with van der Waals surface area (Å²) in [5, 5.41) is 6.27. The predicted octanol–water partition coefficient (Wildman–Crippen LogP) is 0.520. The summed E-state index contributed by atoms with van der Waals surface area (Å²) in [4.78, 5) is 0. The molecule has 0 aromatic carbocycles. The van der Waals surface area contributed by atoms with Crippen molar-refractivity contribution in [3.05, 3.63) is 0 Å². The molecule has 1 radical (unpaired) electrons. The minimum atomic E-state index is 1.07. The Labute approximate surface area is 58.7 Å². The van der Waals surface area contributed by atoms with Crippen molar-refractivity contribution in [3.8, 4) is 0 Å². The van der Waals surface area contributed by atoms with Crippen LogP contribution in [-0.4, -0.2) is 20.6 Å². The van der Waals surface area contributed by atoms with E-state index in [2.05, 4.69) is 24.3 Å². The lowest BCUT2D eigenvalue weighted by molar-refractivity contribution is 0.808. The topological polar surface area (TPSA) is 24.1 Å². The molecule has 0 unspecified atom stereocenters. The maximum absolute atomic E-state index is 3.13. The van der Waals surface area contributed by atoms with Crippen LogP contribution in [0.5, 0.6) is 0 Å². The van der Waals surface area contributed by atoms with Crippen molar-refractivity contribution < 1.29 is 0 Å². The smallest absolute Gasteiger partial charge is 0.307 e. The summed E-state index contributed by atoms with van der Waals surface area (Å²) in [7, 11) is 1.92. The summed E-state index contributed by atoms with van der Waals surface area (Å²) < 4.78 is 0. The molecule has 2 nitrogen and oxygen atoms in total. The normalized spacial score (nSPS) is 9.56. The number of nitrogens with one attached hydrogen (secondary N) is 2. The molecule has 0 aromatic rings. The molecule has 3 heteroatoms. The van der Waals surface area contributed by atoms with Crippen molar-refractivity contribution in [1.82, 2.24) is 10.5 Å². The van der Waals surface area contributed by atoms with E-state index in [1.54, 1.807) is 0 Å². The fourth-order valence-electron chi connectivity index (χ4n) is 0.505. The van der Waals surface area contributed by atoms with Gasteiger partial charge in [-0.2, -0.15) is 0 Å². The van der Waals surface area contributed by atoms with Crippen molar-refractivity contribution in [1.29, 1.82) is 0 Å². The van der Waals surface area contributed by atoms with Crippen LogP contribution in [0.4, 0.5) is 0 Å². The van der Waals surface area contributed by atoms with E-state index in [9.17, 15) is 0 Å². The second kappa shape index (κ2) is 7.98. The molecule has 0 aliphatic heterocycles. The van der Waals surface area contributed by atoms with Gasteiger partial charge in [0.15, 0.2) is 0 Å². The Kier molecular flexibility index (Phi) is 7.97. The number of hydrogen-bond acceptors (Lipinski definition) is 2. The molecule has 0 bridgehead atoms. The van der Waals surface area contributed by atoms with E-state index in [0.29, 0.717) is 0 Å². The quantitative estimate of drug-likeness (QED) is 0.401. The average molecular weight is 127 g/mol. The molecule has 0 fully saturated rings. The van der Waals surface area contributed by atoms with Crippen molar-refractivity contribution in [2.75, 3.05) is 13.1 Å². The summed E-state index contributed by atoms with van der Waals surface area (Å²) in [6.45, 7) is 6.44. The van der Waals surface area contributed by atoms with Crippen molar-refractivity contribution in [2.45, 2.75) is 26.7 Å². The van der Waals surface area contributed by atoms with Crippen LogP contribution in [0.3, 0.4) is 0 Å². The molecule has 0 aliphatic carbocycles. The van der Waals surface area contributed by atoms with Gasteiger partial charge in [0, 0.05) is 0 Å². The van der Waals surface area contributed by atoms with Gasteiger partial charge in [-0.05, 0) is 25.9 Å². The van der Waals surface area contributed by atoms with Gasteiger partial charge in [0.2, 0.25) is 0 Å². The first-order valence-corrected chi connectivity index (χ1v) is 3.70. The van der Waals surface area contributed by atoms with Crippen LogP contribution >= 0.6 is 0 Å². The molecule has 0 aliphatic rings. The summed E-state index contributed by atoms with van der Waals surface area (Å²) in [5.74, 6) is 0. The lowest BCUT2D eigenvalue weighted by atomic mass is 10.1. The van der Waals surface area contributed by atoms with Gasteiger partial charge < -0.3 is 10.5 Å². The first-order valence-electron chi connectivity index (χ1n) is 3.70. The fourth-order valence-corrected chi connectivity index (χ4v) is 0.505. The molecule has 0 atom stereocenters. The lowest BCUT2D eigenvalue weighted by Crippen LogP contribution is -2.34. The molecule has 0 spiro atoms. The molecule has 0 rings (SSSR count). The lowest BCUT2D eigenvalue weighted by Gasteiger charge is -1.99. The highest BCUT2D eigenvalue weighted by molar-refractivity contribution is 6.28. The first kappa shape index (κ1) is 8.98. The molecule has 0 heterocycles. The zero-order valence-electron chi connectivity index (χ0n) is 6.41. The van der Waals surface area contributed by atoms with Crippen LogP contribution in [0.1, 0.15) is 26.7 Å². The number of rotatable bonds is 6. The maximum Gasteiger partial charge on any atom is 0.307 e. The van der Waals surface area contributed by atoms with E-state index in [-0.39, 0.29) is 0 Å². The number of hydrogen-bond donors (Lipinski definition) is 2. The summed E-state index contributed by atoms with van der Waals surface area (Å²) in [6, 6.07) is 0. The Morgan fingerprint density at radius 1 is 1.00 bits per heavy atom. The van der Waals surface area contributed by atoms with Crippen LogP contribution in [0, 0.1) is 0 Å². The molecular weight excluding hydrogens is 111 g/mol. The summed E-state index contributed by atoms with van der Waals surface area (Å²) in [6.07, 6.45) is 2.37. The molecular formula is C6H16BN2. The van der Waals surface area contributed by atoms with Crippen molar-refractivity contribution in [3.63, 3.8) is 0 Å². The Morgan fingerprint density at radius 2 is 1.44 bits per heavy atom. The van der Waals surface area contributed by atoms with E-state index in [0.717, 1.165) is 13.1 Å². The molecule has 0 saturated carbocycles. The largest absolute Gasteiger partial charge is 0.346 e. The Hall–Kier alpha value is -0.0151. The highest BCUT2D eigenvalue weighted by atomic mass is 14.9. The Balaban J connectivity index is 2.60. The molecule has 53 valence electrons. The van der Waals surface area contributed by atoms with Crippen LogP contribution in [0.2, 0.25) is 0 Å². The van der Waals surface area contributed by atoms with Crippen LogP contribution in [0.15, 0.2) is 0 Å². The van der Waals surface area contributed by atoms with Gasteiger partial charge in [0.05, 0.1) is 0 Å². The van der Waals surface area contributed by atoms with E-state index in [1.807, 2.05) is 7.55 Å². The zero-order chi connectivity index (χ0) is 6.95. The van der Waals surface area contributed by atoms with E-state index in [1.165, 1.54) is 12.8 Å². The Bertz CT molecular complexity index is 44.3. The predicted molar refractivity (Wildman–Crippen MR) is 42.3 cm³/mol. The third kappa shape index (κ3) is 7.98. The Morgan fingerprint density at radius 3 is 1.78 bits per heavy atom. The van der Waals surface area contributed by atoms with Gasteiger partial charge in [0.25, 0.3) is 0 Å². The van der Waals surface area contributed by atoms with E-state index >= 15 is 0 Å². The van der Waals surface area contributed by atoms with Gasteiger partial charge in [-0.3, -0.25) is 0 Å². The monoisotopic (exact) mass is 127 g/mol. The summed E-state index contributed by atoms with van der Waals surface area (Å²) >= 11 is 0. The summed E-state index contributed by atoms with van der Waals surface area (Å²) in [5.41, 5.74) is 0. The van der Waals surface area contributed by atoms with Crippen molar-refractivity contribution >= 4 is 7.55 Å². The SMILES string of the molecule is CCCN[B]NCCC. The van der Waals surface area contributed by atoms with Gasteiger partial charge in [0.1, 0.15) is 0 Å². The molecule has 0 saturated heterocycles. The second-order valence-corrected chi connectivity index (χ2v) is 2.05. The zero-order valence-corrected chi connectivity index (χ0v) is 6.41. The van der Waals surface area contributed by atoms with Crippen LogP contribution in [-0.2, 0) is 0 Å². The second-order valence-electron chi connectivity index (χ2n) is 2.05. The molecule has 0 aromatic heterocycles. The van der Waals surface area contributed by atoms with Crippen molar-refractivity contribution in [2.24, 2.45) is 0 Å². The molecule has 2 N–H and O–H groups in total. The van der Waals surface area contributed by atoms with Crippen LogP contribution < -0.4 is 10.5 Å².